The predicted molar refractivity (Wildman–Crippen MR) is 66.2 cm³/mol. The highest BCUT2D eigenvalue weighted by atomic mass is 35.5. The summed E-state index contributed by atoms with van der Waals surface area (Å²) in [6.45, 7) is 3.04. The molecule has 5 nitrogen and oxygen atoms in total. The van der Waals surface area contributed by atoms with Crippen molar-refractivity contribution >= 4 is 18.3 Å². The number of rotatable bonds is 5. The topological polar surface area (TPSA) is 61.8 Å². The smallest absolute Gasteiger partial charge is 0.236 e. The highest BCUT2D eigenvalue weighted by Crippen LogP contribution is 2.27. The van der Waals surface area contributed by atoms with Crippen LogP contribution in [-0.4, -0.2) is 61.4 Å². The SMILES string of the molecule is Cl.O=C(CNCC1CC1)N1CCOC(CO)C1. The minimum atomic E-state index is -0.207. The van der Waals surface area contributed by atoms with Gasteiger partial charge in [-0.15, -0.1) is 12.4 Å². The second-order valence-electron chi connectivity index (χ2n) is 4.59. The molecule has 0 aromatic rings. The Bertz CT molecular complexity index is 249. The quantitative estimate of drug-likeness (QED) is 0.711. The lowest BCUT2D eigenvalue weighted by Gasteiger charge is -2.32. The predicted octanol–water partition coefficient (Wildman–Crippen LogP) is -0.373. The molecule has 2 aliphatic rings. The number of amides is 1. The normalized spacial score (nSPS) is 24.3. The third-order valence-corrected chi connectivity index (χ3v) is 3.10. The van der Waals surface area contributed by atoms with Crippen molar-refractivity contribution in [1.29, 1.82) is 0 Å². The van der Waals surface area contributed by atoms with Crippen molar-refractivity contribution in [1.82, 2.24) is 10.2 Å². The van der Waals surface area contributed by atoms with Crippen LogP contribution < -0.4 is 5.32 Å². The summed E-state index contributed by atoms with van der Waals surface area (Å²) in [4.78, 5) is 13.6. The van der Waals surface area contributed by atoms with E-state index in [1.54, 1.807) is 4.90 Å². The molecule has 6 heteroatoms. The summed E-state index contributed by atoms with van der Waals surface area (Å²) in [5.74, 6) is 0.907. The second kappa shape index (κ2) is 7.16. The van der Waals surface area contributed by atoms with Crippen LogP contribution in [-0.2, 0) is 9.53 Å². The molecule has 100 valence electrons. The summed E-state index contributed by atoms with van der Waals surface area (Å²) in [6.07, 6.45) is 2.39. The molecule has 1 amide bonds. The number of morpholine rings is 1. The molecule has 1 aliphatic carbocycles. The first-order chi connectivity index (χ1) is 7.79. The zero-order valence-corrected chi connectivity index (χ0v) is 10.7. The molecule has 0 spiro atoms. The van der Waals surface area contributed by atoms with Gasteiger partial charge in [-0.05, 0) is 25.3 Å². The number of carbonyl (C=O) groups is 1. The van der Waals surface area contributed by atoms with E-state index in [0.29, 0.717) is 26.2 Å². The molecule has 1 saturated carbocycles. The van der Waals surface area contributed by atoms with Crippen LogP contribution in [0.4, 0.5) is 0 Å². The first kappa shape index (κ1) is 14.7. The molecule has 1 atom stereocenters. The molecule has 2 N–H and O–H groups in total. The van der Waals surface area contributed by atoms with Crippen molar-refractivity contribution in [3.63, 3.8) is 0 Å². The van der Waals surface area contributed by atoms with Crippen LogP contribution in [0.1, 0.15) is 12.8 Å². The molecule has 1 heterocycles. The first-order valence-corrected chi connectivity index (χ1v) is 6.00. The van der Waals surface area contributed by atoms with Crippen molar-refractivity contribution < 1.29 is 14.6 Å². The zero-order valence-electron chi connectivity index (χ0n) is 9.93. The standard InChI is InChI=1S/C11H20N2O3.ClH/c14-8-10-7-13(3-4-16-10)11(15)6-12-5-9-1-2-9;/h9-10,12,14H,1-8H2;1H. The number of ether oxygens (including phenoxy) is 1. The summed E-state index contributed by atoms with van der Waals surface area (Å²) in [5.41, 5.74) is 0. The van der Waals surface area contributed by atoms with Gasteiger partial charge in [-0.25, -0.2) is 0 Å². The fourth-order valence-electron chi connectivity index (χ4n) is 1.87. The van der Waals surface area contributed by atoms with Gasteiger partial charge in [-0.3, -0.25) is 4.79 Å². The molecule has 17 heavy (non-hydrogen) atoms. The van der Waals surface area contributed by atoms with Gasteiger partial charge in [0.25, 0.3) is 0 Å². The molecule has 0 radical (unpaired) electrons. The van der Waals surface area contributed by atoms with E-state index in [1.807, 2.05) is 0 Å². The molecule has 2 rings (SSSR count). The molecular weight excluding hydrogens is 244 g/mol. The number of hydrogen-bond acceptors (Lipinski definition) is 4. The average molecular weight is 265 g/mol. The average Bonchev–Trinajstić information content (AvgIpc) is 3.13. The van der Waals surface area contributed by atoms with Gasteiger partial charge < -0.3 is 20.1 Å². The fourth-order valence-corrected chi connectivity index (χ4v) is 1.87. The number of aliphatic hydroxyl groups excluding tert-OH is 1. The molecule has 1 unspecified atom stereocenters. The summed E-state index contributed by atoms with van der Waals surface area (Å²) in [5, 5.41) is 12.2. The Balaban J connectivity index is 0.00000144. The van der Waals surface area contributed by atoms with Crippen LogP contribution in [0.5, 0.6) is 0 Å². The fraction of sp³-hybridized carbons (Fsp3) is 0.909. The number of nitrogens with zero attached hydrogens (tertiary/aromatic N) is 1. The Hall–Kier alpha value is -0.360. The van der Waals surface area contributed by atoms with Crippen molar-refractivity contribution in [3.05, 3.63) is 0 Å². The summed E-state index contributed by atoms with van der Waals surface area (Å²) in [6, 6.07) is 0. The van der Waals surface area contributed by atoms with Crippen LogP contribution in [0.25, 0.3) is 0 Å². The van der Waals surface area contributed by atoms with Crippen molar-refractivity contribution in [2.75, 3.05) is 39.4 Å². The Labute approximate surface area is 108 Å². The van der Waals surface area contributed by atoms with Gasteiger partial charge >= 0.3 is 0 Å². The highest BCUT2D eigenvalue weighted by molar-refractivity contribution is 5.85. The number of aliphatic hydroxyl groups is 1. The Morgan fingerprint density at radius 3 is 2.88 bits per heavy atom. The van der Waals surface area contributed by atoms with Gasteiger partial charge in [0.2, 0.25) is 5.91 Å². The summed E-state index contributed by atoms with van der Waals surface area (Å²) >= 11 is 0. The zero-order chi connectivity index (χ0) is 11.4. The van der Waals surface area contributed by atoms with Crippen molar-refractivity contribution in [2.24, 2.45) is 5.92 Å². The van der Waals surface area contributed by atoms with Crippen molar-refractivity contribution in [3.8, 4) is 0 Å². The number of hydrogen-bond donors (Lipinski definition) is 2. The van der Waals surface area contributed by atoms with E-state index in [9.17, 15) is 4.79 Å². The highest BCUT2D eigenvalue weighted by Gasteiger charge is 2.24. The summed E-state index contributed by atoms with van der Waals surface area (Å²) < 4.78 is 5.30. The van der Waals surface area contributed by atoms with Gasteiger partial charge in [-0.1, -0.05) is 0 Å². The van der Waals surface area contributed by atoms with Gasteiger partial charge in [0.1, 0.15) is 0 Å². The van der Waals surface area contributed by atoms with E-state index in [-0.39, 0.29) is 31.0 Å². The summed E-state index contributed by atoms with van der Waals surface area (Å²) in [7, 11) is 0. The largest absolute Gasteiger partial charge is 0.394 e. The lowest BCUT2D eigenvalue weighted by Crippen LogP contribution is -2.49. The van der Waals surface area contributed by atoms with E-state index < -0.39 is 0 Å². The molecule has 1 saturated heterocycles. The van der Waals surface area contributed by atoms with Crippen LogP contribution in [0.3, 0.4) is 0 Å². The maximum atomic E-state index is 11.8. The lowest BCUT2D eigenvalue weighted by atomic mass is 10.3. The van der Waals surface area contributed by atoms with Gasteiger partial charge in [0.05, 0.1) is 25.9 Å². The van der Waals surface area contributed by atoms with Gasteiger partial charge in [0, 0.05) is 13.1 Å². The van der Waals surface area contributed by atoms with E-state index >= 15 is 0 Å². The second-order valence-corrected chi connectivity index (χ2v) is 4.59. The van der Waals surface area contributed by atoms with Crippen molar-refractivity contribution in [2.45, 2.75) is 18.9 Å². The molecule has 0 aromatic carbocycles. The maximum Gasteiger partial charge on any atom is 0.236 e. The molecule has 2 fully saturated rings. The minimum absolute atomic E-state index is 0. The Morgan fingerprint density at radius 2 is 2.24 bits per heavy atom. The minimum Gasteiger partial charge on any atom is -0.394 e. The monoisotopic (exact) mass is 264 g/mol. The lowest BCUT2D eigenvalue weighted by molar-refractivity contribution is -0.139. The van der Waals surface area contributed by atoms with Gasteiger partial charge in [-0.2, -0.15) is 0 Å². The number of halogens is 1. The van der Waals surface area contributed by atoms with Crippen LogP contribution in [0.2, 0.25) is 0 Å². The first-order valence-electron chi connectivity index (χ1n) is 6.00. The van der Waals surface area contributed by atoms with Gasteiger partial charge in [0.15, 0.2) is 0 Å². The van der Waals surface area contributed by atoms with E-state index in [1.165, 1.54) is 12.8 Å². The van der Waals surface area contributed by atoms with Crippen LogP contribution in [0.15, 0.2) is 0 Å². The van der Waals surface area contributed by atoms with E-state index in [4.69, 9.17) is 9.84 Å². The molecule has 1 aliphatic heterocycles. The third kappa shape index (κ3) is 4.79. The van der Waals surface area contributed by atoms with E-state index in [2.05, 4.69) is 5.32 Å². The molecule has 0 aromatic heterocycles. The maximum absolute atomic E-state index is 11.8. The Morgan fingerprint density at radius 1 is 1.47 bits per heavy atom. The Kier molecular flexibility index (Phi) is 6.19. The number of carbonyl (C=O) groups excluding carboxylic acids is 1. The van der Waals surface area contributed by atoms with E-state index in [0.717, 1.165) is 12.5 Å². The van der Waals surface area contributed by atoms with Crippen LogP contribution in [0, 0.1) is 5.92 Å². The number of nitrogens with one attached hydrogen (secondary N) is 1. The molecule has 0 bridgehead atoms. The van der Waals surface area contributed by atoms with Crippen LogP contribution >= 0.6 is 12.4 Å². The third-order valence-electron chi connectivity index (χ3n) is 3.10. The molecular formula is C11H21ClN2O3.